The second-order valence-electron chi connectivity index (χ2n) is 6.55. The van der Waals surface area contributed by atoms with Gasteiger partial charge in [-0.25, -0.2) is 0 Å². The molecule has 2 rings (SSSR count). The van der Waals surface area contributed by atoms with Crippen molar-refractivity contribution in [1.29, 1.82) is 0 Å². The van der Waals surface area contributed by atoms with E-state index in [9.17, 15) is 13.2 Å². The van der Waals surface area contributed by atoms with Crippen molar-refractivity contribution in [3.63, 3.8) is 0 Å². The lowest BCUT2D eigenvalue weighted by Gasteiger charge is -2.28. The number of hydrogen-bond donors (Lipinski definition) is 0. The van der Waals surface area contributed by atoms with Gasteiger partial charge in [0, 0.05) is 12.0 Å². The first-order chi connectivity index (χ1) is 11.0. The summed E-state index contributed by atoms with van der Waals surface area (Å²) in [5, 5.41) is 0. The van der Waals surface area contributed by atoms with Crippen LogP contribution < -0.4 is 0 Å². The Morgan fingerprint density at radius 1 is 1.04 bits per heavy atom. The molecule has 1 aliphatic rings. The average Bonchev–Trinajstić information content (AvgIpc) is 2.52. The highest BCUT2D eigenvalue weighted by molar-refractivity contribution is 5.37. The molecule has 0 aliphatic heterocycles. The molecule has 1 aromatic rings. The van der Waals surface area contributed by atoms with Gasteiger partial charge in [-0.2, -0.15) is 13.2 Å². The molecule has 23 heavy (non-hydrogen) atoms. The van der Waals surface area contributed by atoms with Gasteiger partial charge >= 0.3 is 6.18 Å². The predicted octanol–water partition coefficient (Wildman–Crippen LogP) is 6.45. The van der Waals surface area contributed by atoms with Crippen LogP contribution in [0.3, 0.4) is 0 Å². The summed E-state index contributed by atoms with van der Waals surface area (Å²) in [6.45, 7) is 2.25. The van der Waals surface area contributed by atoms with E-state index in [1.807, 2.05) is 12.1 Å². The van der Waals surface area contributed by atoms with E-state index in [-0.39, 0.29) is 6.42 Å². The number of rotatable bonds is 4. The van der Waals surface area contributed by atoms with Crippen LogP contribution in [0.4, 0.5) is 13.2 Å². The SMILES string of the molecule is CCCC1CCC(c2ccc(C#CCCC(F)(F)F)cc2)CC1. The Labute approximate surface area is 137 Å². The molecule has 0 unspecified atom stereocenters. The van der Waals surface area contributed by atoms with Gasteiger partial charge < -0.3 is 0 Å². The molecule has 1 fully saturated rings. The molecule has 0 atom stereocenters. The minimum atomic E-state index is -4.12. The quantitative estimate of drug-likeness (QED) is 0.558. The molecule has 3 heteroatoms. The molecule has 0 spiro atoms. The van der Waals surface area contributed by atoms with Gasteiger partial charge in [0.25, 0.3) is 0 Å². The molecular formula is C20H25F3. The van der Waals surface area contributed by atoms with Crippen molar-refractivity contribution in [1.82, 2.24) is 0 Å². The lowest BCUT2D eigenvalue weighted by Crippen LogP contribution is -2.13. The van der Waals surface area contributed by atoms with Crippen molar-refractivity contribution in [3.05, 3.63) is 35.4 Å². The smallest absolute Gasteiger partial charge is 0.171 e. The first-order valence-electron chi connectivity index (χ1n) is 8.63. The molecular weight excluding hydrogens is 297 g/mol. The summed E-state index contributed by atoms with van der Waals surface area (Å²) in [6, 6.07) is 8.07. The van der Waals surface area contributed by atoms with Crippen molar-refractivity contribution < 1.29 is 13.2 Å². The van der Waals surface area contributed by atoms with E-state index in [4.69, 9.17) is 0 Å². The van der Waals surface area contributed by atoms with Crippen LogP contribution in [0, 0.1) is 17.8 Å². The Balaban J connectivity index is 1.84. The summed E-state index contributed by atoms with van der Waals surface area (Å²) in [5.41, 5.74) is 2.15. The van der Waals surface area contributed by atoms with Crippen LogP contribution in [0.2, 0.25) is 0 Å². The van der Waals surface area contributed by atoms with Gasteiger partial charge in [-0.3, -0.25) is 0 Å². The summed E-state index contributed by atoms with van der Waals surface area (Å²) in [4.78, 5) is 0. The van der Waals surface area contributed by atoms with Gasteiger partial charge in [0.1, 0.15) is 0 Å². The number of alkyl halides is 3. The molecule has 1 saturated carbocycles. The van der Waals surface area contributed by atoms with Crippen molar-refractivity contribution in [2.45, 2.75) is 70.4 Å². The molecule has 1 aromatic carbocycles. The third-order valence-electron chi connectivity index (χ3n) is 4.69. The highest BCUT2D eigenvalue weighted by atomic mass is 19.4. The average molecular weight is 322 g/mol. The van der Waals surface area contributed by atoms with Crippen molar-refractivity contribution in [2.24, 2.45) is 5.92 Å². The highest BCUT2D eigenvalue weighted by Crippen LogP contribution is 2.37. The van der Waals surface area contributed by atoms with E-state index in [1.165, 1.54) is 44.1 Å². The predicted molar refractivity (Wildman–Crippen MR) is 88.2 cm³/mol. The zero-order valence-corrected chi connectivity index (χ0v) is 13.8. The summed E-state index contributed by atoms with van der Waals surface area (Å²) in [7, 11) is 0. The molecule has 0 N–H and O–H groups in total. The van der Waals surface area contributed by atoms with Crippen LogP contribution in [0.25, 0.3) is 0 Å². The zero-order valence-electron chi connectivity index (χ0n) is 13.8. The molecule has 0 heterocycles. The van der Waals surface area contributed by atoms with Crippen molar-refractivity contribution >= 4 is 0 Å². The molecule has 1 aliphatic carbocycles. The van der Waals surface area contributed by atoms with E-state index >= 15 is 0 Å². The van der Waals surface area contributed by atoms with E-state index < -0.39 is 12.6 Å². The van der Waals surface area contributed by atoms with Crippen LogP contribution in [0.1, 0.15) is 75.3 Å². The lowest BCUT2D eigenvalue weighted by molar-refractivity contribution is -0.133. The second-order valence-corrected chi connectivity index (χ2v) is 6.55. The van der Waals surface area contributed by atoms with Gasteiger partial charge in [-0.05, 0) is 55.2 Å². The standard InChI is InChI=1S/C20H25F3/c1-2-5-16-7-11-18(12-8-16)19-13-9-17(10-14-19)6-3-4-15-20(21,22)23/h9-10,13-14,16,18H,2,4-5,7-8,11-12,15H2,1H3. The Bertz CT molecular complexity index is 523. The van der Waals surface area contributed by atoms with Crippen LogP contribution in [-0.2, 0) is 0 Å². The summed E-state index contributed by atoms with van der Waals surface area (Å²) in [6.07, 6.45) is 2.68. The molecule has 126 valence electrons. The van der Waals surface area contributed by atoms with E-state index in [0.29, 0.717) is 5.92 Å². The fourth-order valence-corrected chi connectivity index (χ4v) is 3.40. The summed E-state index contributed by atoms with van der Waals surface area (Å²) >= 11 is 0. The molecule has 0 radical (unpaired) electrons. The Morgan fingerprint density at radius 3 is 2.26 bits per heavy atom. The third-order valence-corrected chi connectivity index (χ3v) is 4.69. The third kappa shape index (κ3) is 6.29. The summed E-state index contributed by atoms with van der Waals surface area (Å²) < 4.78 is 36.1. The van der Waals surface area contributed by atoms with Gasteiger partial charge in [0.05, 0.1) is 6.42 Å². The second kappa shape index (κ2) is 8.43. The van der Waals surface area contributed by atoms with E-state index in [2.05, 4.69) is 30.9 Å². The molecule has 0 amide bonds. The Morgan fingerprint density at radius 2 is 1.70 bits per heavy atom. The van der Waals surface area contributed by atoms with Gasteiger partial charge in [-0.1, -0.05) is 43.7 Å². The maximum Gasteiger partial charge on any atom is 0.390 e. The Kier molecular flexibility index (Phi) is 6.57. The normalized spacial score (nSPS) is 21.6. The van der Waals surface area contributed by atoms with Crippen molar-refractivity contribution in [2.75, 3.05) is 0 Å². The zero-order chi connectivity index (χ0) is 16.7. The lowest BCUT2D eigenvalue weighted by atomic mass is 9.77. The number of hydrogen-bond acceptors (Lipinski definition) is 0. The van der Waals surface area contributed by atoms with Gasteiger partial charge in [0.2, 0.25) is 0 Å². The van der Waals surface area contributed by atoms with Gasteiger partial charge in [0.15, 0.2) is 0 Å². The first kappa shape index (κ1) is 17.9. The monoisotopic (exact) mass is 322 g/mol. The molecule has 0 bridgehead atoms. The fraction of sp³-hybridized carbons (Fsp3) is 0.600. The fourth-order valence-electron chi connectivity index (χ4n) is 3.40. The minimum Gasteiger partial charge on any atom is -0.171 e. The number of halogens is 3. The highest BCUT2D eigenvalue weighted by Gasteiger charge is 2.25. The molecule has 0 nitrogen and oxygen atoms in total. The van der Waals surface area contributed by atoms with Crippen LogP contribution >= 0.6 is 0 Å². The topological polar surface area (TPSA) is 0 Å². The minimum absolute atomic E-state index is 0.132. The maximum absolute atomic E-state index is 12.0. The summed E-state index contributed by atoms with van der Waals surface area (Å²) in [5.74, 6) is 6.96. The number of benzene rings is 1. The van der Waals surface area contributed by atoms with Crippen molar-refractivity contribution in [3.8, 4) is 11.8 Å². The first-order valence-corrected chi connectivity index (χ1v) is 8.63. The largest absolute Gasteiger partial charge is 0.390 e. The van der Waals surface area contributed by atoms with Gasteiger partial charge in [-0.15, -0.1) is 0 Å². The van der Waals surface area contributed by atoms with E-state index in [0.717, 1.165) is 11.5 Å². The van der Waals surface area contributed by atoms with Crippen LogP contribution in [-0.4, -0.2) is 6.18 Å². The maximum atomic E-state index is 12.0. The molecule has 0 aromatic heterocycles. The van der Waals surface area contributed by atoms with E-state index in [1.54, 1.807) is 0 Å². The van der Waals surface area contributed by atoms with Crippen LogP contribution in [0.15, 0.2) is 24.3 Å². The Hall–Kier alpha value is -1.43. The molecule has 0 saturated heterocycles. The van der Waals surface area contributed by atoms with Crippen LogP contribution in [0.5, 0.6) is 0 Å².